The van der Waals surface area contributed by atoms with Crippen LogP contribution < -0.4 is 5.73 Å². The molecule has 2 saturated heterocycles. The molecule has 2 N–H and O–H groups in total. The molecule has 0 aliphatic carbocycles. The van der Waals surface area contributed by atoms with Crippen LogP contribution in [-0.2, 0) is 22.6 Å². The number of primary amides is 1. The van der Waals surface area contributed by atoms with Gasteiger partial charge in [-0.3, -0.25) is 9.59 Å². The van der Waals surface area contributed by atoms with Gasteiger partial charge in [0.1, 0.15) is 0 Å². The zero-order valence-electron chi connectivity index (χ0n) is 20.3. The number of likely N-dealkylation sites (tertiary alicyclic amines) is 2. The van der Waals surface area contributed by atoms with Crippen LogP contribution in [0.3, 0.4) is 0 Å². The average molecular weight is 529 g/mol. The Hall–Kier alpha value is -2.18. The fourth-order valence-corrected chi connectivity index (χ4v) is 5.18. The first kappa shape index (κ1) is 26.4. The van der Waals surface area contributed by atoms with Crippen LogP contribution in [0.5, 0.6) is 0 Å². The fraction of sp³-hybridized carbons (Fsp3) is 0.500. The topological polar surface area (TPSA) is 66.6 Å². The lowest BCUT2D eigenvalue weighted by Crippen LogP contribution is -2.44. The van der Waals surface area contributed by atoms with Crippen molar-refractivity contribution in [2.24, 2.45) is 11.1 Å². The SMILES string of the molecule is CCCC(N)=O.O=C1N(Cc2ccc(Br)cc2)CCC12CCN(CCCc1ccccc1)CC2. The number of carbonyl (C=O) groups excluding carboxylic acids is 2. The molecule has 184 valence electrons. The Morgan fingerprint density at radius 2 is 1.62 bits per heavy atom. The molecule has 2 heterocycles. The van der Waals surface area contributed by atoms with Gasteiger partial charge in [-0.05, 0) is 81.4 Å². The molecule has 2 aliphatic heterocycles. The van der Waals surface area contributed by atoms with E-state index in [2.05, 4.69) is 80.3 Å². The van der Waals surface area contributed by atoms with Crippen LogP contribution in [0.4, 0.5) is 0 Å². The second-order valence-electron chi connectivity index (χ2n) is 9.53. The Bertz CT molecular complexity index is 909. The number of piperidine rings is 1. The van der Waals surface area contributed by atoms with E-state index in [0.29, 0.717) is 12.3 Å². The minimum atomic E-state index is -0.211. The van der Waals surface area contributed by atoms with Gasteiger partial charge in [-0.1, -0.05) is 65.3 Å². The zero-order chi connectivity index (χ0) is 24.4. The summed E-state index contributed by atoms with van der Waals surface area (Å²) in [6, 6.07) is 19.1. The Kier molecular flexibility index (Phi) is 10.1. The van der Waals surface area contributed by atoms with Gasteiger partial charge < -0.3 is 15.5 Å². The van der Waals surface area contributed by atoms with Gasteiger partial charge in [0, 0.05) is 24.0 Å². The van der Waals surface area contributed by atoms with Crippen molar-refractivity contribution in [3.63, 3.8) is 0 Å². The molecule has 0 saturated carbocycles. The van der Waals surface area contributed by atoms with Crippen LogP contribution in [-0.4, -0.2) is 47.8 Å². The van der Waals surface area contributed by atoms with E-state index >= 15 is 0 Å². The Labute approximate surface area is 212 Å². The van der Waals surface area contributed by atoms with Crippen LogP contribution in [0.2, 0.25) is 0 Å². The number of nitrogens with zero attached hydrogens (tertiary/aromatic N) is 2. The fourth-order valence-electron chi connectivity index (χ4n) is 4.92. The number of rotatable bonds is 8. The molecular weight excluding hydrogens is 490 g/mol. The molecular formula is C28H38BrN3O2. The summed E-state index contributed by atoms with van der Waals surface area (Å²) in [4.78, 5) is 27.6. The smallest absolute Gasteiger partial charge is 0.229 e. The van der Waals surface area contributed by atoms with Gasteiger partial charge in [0.05, 0.1) is 5.41 Å². The first-order valence-electron chi connectivity index (χ1n) is 12.5. The second-order valence-corrected chi connectivity index (χ2v) is 10.4. The number of carbonyl (C=O) groups is 2. The van der Waals surface area contributed by atoms with Crippen LogP contribution in [0.1, 0.15) is 56.6 Å². The number of hydrogen-bond donors (Lipinski definition) is 1. The van der Waals surface area contributed by atoms with Crippen molar-refractivity contribution < 1.29 is 9.59 Å². The highest BCUT2D eigenvalue weighted by Gasteiger charge is 2.47. The standard InChI is InChI=1S/C24H29BrN2O.C4H9NO/c25-22-10-8-21(9-11-22)19-27-18-14-24(23(27)28)12-16-26(17-13-24)15-4-7-20-5-2-1-3-6-20;1-2-3-4(5)6/h1-3,5-6,8-11H,4,7,12-19H2;2-3H2,1H3,(H2,5,6). The van der Waals surface area contributed by atoms with Crippen molar-refractivity contribution in [3.05, 3.63) is 70.2 Å². The summed E-state index contributed by atoms with van der Waals surface area (Å²) < 4.78 is 1.08. The Morgan fingerprint density at radius 1 is 0.971 bits per heavy atom. The van der Waals surface area contributed by atoms with E-state index < -0.39 is 0 Å². The number of aryl methyl sites for hydroxylation is 1. The molecule has 5 nitrogen and oxygen atoms in total. The minimum absolute atomic E-state index is 0.0920. The lowest BCUT2D eigenvalue weighted by molar-refractivity contribution is -0.138. The van der Waals surface area contributed by atoms with Crippen LogP contribution in [0, 0.1) is 5.41 Å². The van der Waals surface area contributed by atoms with Gasteiger partial charge in [-0.25, -0.2) is 0 Å². The van der Waals surface area contributed by atoms with E-state index in [-0.39, 0.29) is 11.3 Å². The molecule has 0 unspecified atom stereocenters. The van der Waals surface area contributed by atoms with Gasteiger partial charge in [0.15, 0.2) is 0 Å². The Morgan fingerprint density at radius 3 is 2.21 bits per heavy atom. The summed E-state index contributed by atoms with van der Waals surface area (Å²) in [5.74, 6) is 0.178. The van der Waals surface area contributed by atoms with E-state index in [9.17, 15) is 9.59 Å². The number of benzene rings is 2. The normalized spacial score (nSPS) is 17.5. The van der Waals surface area contributed by atoms with E-state index in [1.807, 2.05) is 6.92 Å². The van der Waals surface area contributed by atoms with Gasteiger partial charge in [0.25, 0.3) is 0 Å². The number of halogens is 1. The molecule has 0 bridgehead atoms. The molecule has 2 fully saturated rings. The third kappa shape index (κ3) is 7.67. The van der Waals surface area contributed by atoms with Crippen molar-refractivity contribution in [2.75, 3.05) is 26.2 Å². The molecule has 6 heteroatoms. The molecule has 4 rings (SSSR count). The second kappa shape index (κ2) is 13.1. The molecule has 0 atom stereocenters. The highest BCUT2D eigenvalue weighted by molar-refractivity contribution is 9.10. The van der Waals surface area contributed by atoms with Crippen molar-refractivity contribution >= 4 is 27.7 Å². The molecule has 2 amide bonds. The summed E-state index contributed by atoms with van der Waals surface area (Å²) >= 11 is 3.48. The van der Waals surface area contributed by atoms with E-state index in [1.54, 1.807) is 0 Å². The maximum Gasteiger partial charge on any atom is 0.229 e. The van der Waals surface area contributed by atoms with Crippen molar-refractivity contribution in [2.45, 2.75) is 58.4 Å². The predicted molar refractivity (Wildman–Crippen MR) is 141 cm³/mol. The molecule has 0 radical (unpaired) electrons. The Balaban J connectivity index is 0.000000481. The molecule has 1 spiro atoms. The predicted octanol–water partition coefficient (Wildman–Crippen LogP) is 5.17. The first-order valence-corrected chi connectivity index (χ1v) is 13.3. The van der Waals surface area contributed by atoms with Crippen LogP contribution in [0.15, 0.2) is 59.1 Å². The summed E-state index contributed by atoms with van der Waals surface area (Å²) in [6.07, 6.45) is 6.78. The van der Waals surface area contributed by atoms with Crippen molar-refractivity contribution in [3.8, 4) is 0 Å². The highest BCUT2D eigenvalue weighted by Crippen LogP contribution is 2.42. The number of nitrogens with two attached hydrogens (primary N) is 1. The molecule has 0 aromatic heterocycles. The first-order chi connectivity index (χ1) is 16.4. The monoisotopic (exact) mass is 527 g/mol. The zero-order valence-corrected chi connectivity index (χ0v) is 21.9. The van der Waals surface area contributed by atoms with E-state index in [4.69, 9.17) is 5.73 Å². The van der Waals surface area contributed by atoms with Gasteiger partial charge >= 0.3 is 0 Å². The summed E-state index contributed by atoms with van der Waals surface area (Å²) in [5.41, 5.74) is 7.31. The number of hydrogen-bond acceptors (Lipinski definition) is 3. The summed E-state index contributed by atoms with van der Waals surface area (Å²) in [7, 11) is 0. The van der Waals surface area contributed by atoms with Gasteiger partial charge in [0.2, 0.25) is 11.8 Å². The lowest BCUT2D eigenvalue weighted by atomic mass is 9.77. The average Bonchev–Trinajstić information content (AvgIpc) is 3.13. The van der Waals surface area contributed by atoms with Crippen LogP contribution in [0.25, 0.3) is 0 Å². The third-order valence-electron chi connectivity index (χ3n) is 6.98. The largest absolute Gasteiger partial charge is 0.370 e. The quantitative estimate of drug-likeness (QED) is 0.514. The van der Waals surface area contributed by atoms with Crippen molar-refractivity contribution in [1.29, 1.82) is 0 Å². The van der Waals surface area contributed by atoms with E-state index in [1.165, 1.54) is 17.5 Å². The maximum atomic E-state index is 13.2. The number of amides is 2. The lowest BCUT2D eigenvalue weighted by Gasteiger charge is -2.38. The summed E-state index contributed by atoms with van der Waals surface area (Å²) in [5, 5.41) is 0. The summed E-state index contributed by atoms with van der Waals surface area (Å²) in [6.45, 7) is 6.84. The van der Waals surface area contributed by atoms with E-state index in [0.717, 1.165) is 69.3 Å². The molecule has 2 aliphatic rings. The molecule has 34 heavy (non-hydrogen) atoms. The minimum Gasteiger partial charge on any atom is -0.370 e. The van der Waals surface area contributed by atoms with Crippen molar-refractivity contribution in [1.82, 2.24) is 9.80 Å². The van der Waals surface area contributed by atoms with Crippen LogP contribution >= 0.6 is 15.9 Å². The third-order valence-corrected chi connectivity index (χ3v) is 7.51. The maximum absolute atomic E-state index is 13.2. The van der Waals surface area contributed by atoms with Gasteiger partial charge in [-0.2, -0.15) is 0 Å². The highest BCUT2D eigenvalue weighted by atomic mass is 79.9. The molecule has 2 aromatic rings. The molecule has 2 aromatic carbocycles. The van der Waals surface area contributed by atoms with Gasteiger partial charge in [-0.15, -0.1) is 0 Å².